The Bertz CT molecular complexity index is 547. The molecule has 2 rings (SSSR count). The first kappa shape index (κ1) is 12.0. The highest BCUT2D eigenvalue weighted by Crippen LogP contribution is 2.14. The van der Waals surface area contributed by atoms with E-state index < -0.39 is 5.97 Å². The van der Waals surface area contributed by atoms with E-state index in [1.165, 1.54) is 6.20 Å². The van der Waals surface area contributed by atoms with Gasteiger partial charge in [0.1, 0.15) is 0 Å². The van der Waals surface area contributed by atoms with Crippen LogP contribution in [-0.4, -0.2) is 23.2 Å². The number of benzene rings is 1. The van der Waals surface area contributed by atoms with E-state index >= 15 is 0 Å². The van der Waals surface area contributed by atoms with Gasteiger partial charge in [-0.15, -0.1) is 0 Å². The van der Waals surface area contributed by atoms with E-state index in [0.717, 1.165) is 0 Å². The zero-order chi connectivity index (χ0) is 13.0. The number of carboxylic acid groups (broad SMARTS) is 1. The third kappa shape index (κ3) is 3.04. The van der Waals surface area contributed by atoms with Crippen LogP contribution in [0.15, 0.2) is 41.0 Å². The molecule has 1 amide bonds. The van der Waals surface area contributed by atoms with Gasteiger partial charge in [-0.1, -0.05) is 12.1 Å². The molecule has 0 unspecified atom stereocenters. The third-order valence-corrected chi connectivity index (χ3v) is 2.48. The average molecular weight is 244 g/mol. The van der Waals surface area contributed by atoms with Gasteiger partial charge in [0, 0.05) is 30.1 Å². The molecule has 1 aliphatic rings. The standard InChI is InChI=1S/C13H12N2O3/c16-12(17)7-9-2-1-3-11(6-9)15-13(18)10-4-5-14-8-10/h1-3,5-6,8H,4,7H2,(H,15,18)(H,16,17). The van der Waals surface area contributed by atoms with Crippen molar-refractivity contribution >= 4 is 23.8 Å². The molecule has 0 saturated heterocycles. The summed E-state index contributed by atoms with van der Waals surface area (Å²) in [5, 5.41) is 11.4. The molecule has 2 N–H and O–H groups in total. The van der Waals surface area contributed by atoms with Crippen molar-refractivity contribution in [2.45, 2.75) is 12.8 Å². The number of hydrogen-bond donors (Lipinski definition) is 2. The van der Waals surface area contributed by atoms with Crippen LogP contribution in [0, 0.1) is 0 Å². The number of carbonyl (C=O) groups is 2. The van der Waals surface area contributed by atoms with Gasteiger partial charge in [0.05, 0.1) is 6.42 Å². The molecule has 0 aromatic heterocycles. The average Bonchev–Trinajstić information content (AvgIpc) is 2.81. The van der Waals surface area contributed by atoms with Gasteiger partial charge in [-0.2, -0.15) is 0 Å². The lowest BCUT2D eigenvalue weighted by molar-refractivity contribution is -0.136. The number of nitrogens with zero attached hydrogens (tertiary/aromatic N) is 1. The number of aliphatic carboxylic acids is 1. The van der Waals surface area contributed by atoms with Gasteiger partial charge in [0.2, 0.25) is 0 Å². The van der Waals surface area contributed by atoms with E-state index in [0.29, 0.717) is 23.2 Å². The lowest BCUT2D eigenvalue weighted by atomic mass is 10.1. The van der Waals surface area contributed by atoms with Crippen LogP contribution in [0.25, 0.3) is 0 Å². The highest BCUT2D eigenvalue weighted by molar-refractivity contribution is 6.06. The van der Waals surface area contributed by atoms with Crippen molar-refractivity contribution in [1.29, 1.82) is 0 Å². The predicted octanol–water partition coefficient (Wildman–Crippen LogP) is 1.61. The molecule has 5 heteroatoms. The Kier molecular flexibility index (Phi) is 3.52. The molecule has 0 radical (unpaired) electrons. The van der Waals surface area contributed by atoms with Crippen LogP contribution < -0.4 is 5.32 Å². The summed E-state index contributed by atoms with van der Waals surface area (Å²) in [6, 6.07) is 6.80. The number of nitrogens with one attached hydrogen (secondary N) is 1. The summed E-state index contributed by atoms with van der Waals surface area (Å²) >= 11 is 0. The van der Waals surface area contributed by atoms with Crippen molar-refractivity contribution in [2.75, 3.05) is 5.32 Å². The van der Waals surface area contributed by atoms with Crippen molar-refractivity contribution < 1.29 is 14.7 Å². The smallest absolute Gasteiger partial charge is 0.307 e. The number of carboxylic acids is 1. The summed E-state index contributed by atoms with van der Waals surface area (Å²) in [5.41, 5.74) is 1.84. The fraction of sp³-hybridized carbons (Fsp3) is 0.154. The molecule has 0 spiro atoms. The second kappa shape index (κ2) is 5.27. The van der Waals surface area contributed by atoms with Crippen LogP contribution >= 0.6 is 0 Å². The lowest BCUT2D eigenvalue weighted by Gasteiger charge is -2.06. The normalized spacial score (nSPS) is 13.2. The van der Waals surface area contributed by atoms with Crippen molar-refractivity contribution in [3.63, 3.8) is 0 Å². The van der Waals surface area contributed by atoms with Crippen LogP contribution in [0.4, 0.5) is 5.69 Å². The monoisotopic (exact) mass is 244 g/mol. The fourth-order valence-electron chi connectivity index (χ4n) is 1.64. The van der Waals surface area contributed by atoms with E-state index in [1.54, 1.807) is 30.5 Å². The number of anilines is 1. The second-order valence-corrected chi connectivity index (χ2v) is 3.92. The van der Waals surface area contributed by atoms with Crippen molar-refractivity contribution in [3.8, 4) is 0 Å². The summed E-state index contributed by atoms with van der Waals surface area (Å²) in [5.74, 6) is -1.11. The molecular formula is C13H12N2O3. The van der Waals surface area contributed by atoms with E-state index in [9.17, 15) is 9.59 Å². The maximum atomic E-state index is 11.8. The molecule has 1 aromatic rings. The third-order valence-electron chi connectivity index (χ3n) is 2.48. The molecule has 1 heterocycles. The quantitative estimate of drug-likeness (QED) is 0.844. The fourth-order valence-corrected chi connectivity index (χ4v) is 1.64. The summed E-state index contributed by atoms with van der Waals surface area (Å²) in [6.45, 7) is 0. The van der Waals surface area contributed by atoms with Gasteiger partial charge in [-0.3, -0.25) is 14.6 Å². The molecule has 92 valence electrons. The van der Waals surface area contributed by atoms with Crippen molar-refractivity contribution in [3.05, 3.63) is 41.6 Å². The zero-order valence-corrected chi connectivity index (χ0v) is 9.59. The van der Waals surface area contributed by atoms with Crippen LogP contribution in [-0.2, 0) is 16.0 Å². The molecule has 1 aliphatic heterocycles. The molecule has 5 nitrogen and oxygen atoms in total. The van der Waals surface area contributed by atoms with Gasteiger partial charge in [-0.25, -0.2) is 0 Å². The minimum atomic E-state index is -0.898. The zero-order valence-electron chi connectivity index (χ0n) is 9.59. The molecule has 1 aromatic carbocycles. The van der Waals surface area contributed by atoms with Gasteiger partial charge >= 0.3 is 5.97 Å². The molecular weight excluding hydrogens is 232 g/mol. The predicted molar refractivity (Wildman–Crippen MR) is 67.6 cm³/mol. The van der Waals surface area contributed by atoms with E-state index in [2.05, 4.69) is 10.3 Å². The van der Waals surface area contributed by atoms with Gasteiger partial charge in [0.15, 0.2) is 0 Å². The Morgan fingerprint density at radius 2 is 2.22 bits per heavy atom. The molecule has 0 fully saturated rings. The molecule has 0 saturated carbocycles. The molecule has 0 atom stereocenters. The molecule has 0 aliphatic carbocycles. The first-order valence-corrected chi connectivity index (χ1v) is 5.48. The summed E-state index contributed by atoms with van der Waals surface area (Å²) in [6.07, 6.45) is 3.66. The number of rotatable bonds is 4. The van der Waals surface area contributed by atoms with Crippen molar-refractivity contribution in [1.82, 2.24) is 0 Å². The van der Waals surface area contributed by atoms with E-state index in [4.69, 9.17) is 5.11 Å². The number of carbonyl (C=O) groups excluding carboxylic acids is 1. The van der Waals surface area contributed by atoms with Gasteiger partial charge in [0.25, 0.3) is 5.91 Å². The van der Waals surface area contributed by atoms with E-state index in [1.807, 2.05) is 0 Å². The van der Waals surface area contributed by atoms with Crippen LogP contribution in [0.1, 0.15) is 12.0 Å². The van der Waals surface area contributed by atoms with Gasteiger partial charge < -0.3 is 10.4 Å². The minimum absolute atomic E-state index is 0.0600. The Labute approximate surface area is 104 Å². The maximum Gasteiger partial charge on any atom is 0.307 e. The number of aliphatic imine (C=N–C) groups is 1. The summed E-state index contributed by atoms with van der Waals surface area (Å²) in [7, 11) is 0. The van der Waals surface area contributed by atoms with Crippen molar-refractivity contribution in [2.24, 2.45) is 4.99 Å². The SMILES string of the molecule is O=C(O)Cc1cccc(NC(=O)C2=CN=CC2)c1. The first-order chi connectivity index (χ1) is 8.65. The van der Waals surface area contributed by atoms with Crippen LogP contribution in [0.2, 0.25) is 0 Å². The Hall–Kier alpha value is -2.43. The Balaban J connectivity index is 2.05. The minimum Gasteiger partial charge on any atom is -0.481 e. The number of hydrogen-bond acceptors (Lipinski definition) is 3. The topological polar surface area (TPSA) is 78.8 Å². The maximum absolute atomic E-state index is 11.8. The highest BCUT2D eigenvalue weighted by atomic mass is 16.4. The van der Waals surface area contributed by atoms with Crippen LogP contribution in [0.3, 0.4) is 0 Å². The largest absolute Gasteiger partial charge is 0.481 e. The van der Waals surface area contributed by atoms with E-state index in [-0.39, 0.29) is 12.3 Å². The first-order valence-electron chi connectivity index (χ1n) is 5.48. The summed E-state index contributed by atoms with van der Waals surface area (Å²) in [4.78, 5) is 26.2. The number of amides is 1. The Morgan fingerprint density at radius 3 is 2.89 bits per heavy atom. The Morgan fingerprint density at radius 1 is 1.39 bits per heavy atom. The molecule has 18 heavy (non-hydrogen) atoms. The second-order valence-electron chi connectivity index (χ2n) is 3.92. The highest BCUT2D eigenvalue weighted by Gasteiger charge is 2.11. The summed E-state index contributed by atoms with van der Waals surface area (Å²) < 4.78 is 0. The molecule has 0 bridgehead atoms. The lowest BCUT2D eigenvalue weighted by Crippen LogP contribution is -2.14. The van der Waals surface area contributed by atoms with Gasteiger partial charge in [-0.05, 0) is 17.7 Å². The van der Waals surface area contributed by atoms with Crippen LogP contribution in [0.5, 0.6) is 0 Å².